The minimum Gasteiger partial charge on any atom is -0.478 e. The first-order chi connectivity index (χ1) is 9.10. The van der Waals surface area contributed by atoms with E-state index in [1.54, 1.807) is 19.1 Å². The van der Waals surface area contributed by atoms with Crippen LogP contribution in [0.1, 0.15) is 43.6 Å². The van der Waals surface area contributed by atoms with Gasteiger partial charge in [-0.3, -0.25) is 4.79 Å². The Morgan fingerprint density at radius 1 is 1.25 bits per heavy atom. The Kier molecular flexibility index (Phi) is 4.76. The average molecular weight is 278 g/mol. The van der Waals surface area contributed by atoms with Gasteiger partial charge in [0.25, 0.3) is 0 Å². The van der Waals surface area contributed by atoms with Crippen molar-refractivity contribution in [2.24, 2.45) is 0 Å². The zero-order valence-corrected chi connectivity index (χ0v) is 12.6. The fourth-order valence-corrected chi connectivity index (χ4v) is 1.74. The molecule has 20 heavy (non-hydrogen) atoms. The van der Waals surface area contributed by atoms with Crippen molar-refractivity contribution >= 4 is 17.6 Å². The molecule has 0 radical (unpaired) electrons. The highest BCUT2D eigenvalue weighted by Gasteiger charge is 2.20. The number of carboxylic acid groups (broad SMARTS) is 1. The molecule has 1 aromatic carbocycles. The number of nitrogens with one attached hydrogen (secondary N) is 2. The van der Waals surface area contributed by atoms with Gasteiger partial charge in [-0.1, -0.05) is 6.07 Å². The monoisotopic (exact) mass is 278 g/mol. The topological polar surface area (TPSA) is 78.4 Å². The number of carbonyl (C=O) groups is 2. The molecule has 0 aromatic heterocycles. The summed E-state index contributed by atoms with van der Waals surface area (Å²) in [5.41, 5.74) is 1.22. The van der Waals surface area contributed by atoms with Crippen molar-refractivity contribution in [3.05, 3.63) is 29.3 Å². The third-order valence-electron chi connectivity index (χ3n) is 2.67. The van der Waals surface area contributed by atoms with Crippen LogP contribution in [0.25, 0.3) is 0 Å². The molecule has 1 atom stereocenters. The van der Waals surface area contributed by atoms with Crippen LogP contribution in [0.3, 0.4) is 0 Å². The van der Waals surface area contributed by atoms with E-state index in [1.807, 2.05) is 27.7 Å². The number of amides is 1. The Morgan fingerprint density at radius 2 is 1.85 bits per heavy atom. The van der Waals surface area contributed by atoms with Crippen molar-refractivity contribution in [1.82, 2.24) is 5.32 Å². The van der Waals surface area contributed by atoms with Gasteiger partial charge >= 0.3 is 5.97 Å². The van der Waals surface area contributed by atoms with E-state index in [0.29, 0.717) is 5.69 Å². The van der Waals surface area contributed by atoms with Crippen molar-refractivity contribution in [1.29, 1.82) is 0 Å². The normalized spacial score (nSPS) is 12.7. The molecule has 1 rings (SSSR count). The first-order valence-corrected chi connectivity index (χ1v) is 6.52. The molecule has 5 nitrogen and oxygen atoms in total. The Labute approximate surface area is 119 Å². The van der Waals surface area contributed by atoms with Crippen LogP contribution in [0.15, 0.2) is 18.2 Å². The first-order valence-electron chi connectivity index (χ1n) is 6.52. The standard InChI is InChI=1S/C15H22N2O3/c1-9-6-7-11(14(19)20)12(8-9)16-10(2)13(18)17-15(3,4)5/h6-8,10,16H,1-5H3,(H,17,18)(H,19,20). The zero-order chi connectivity index (χ0) is 15.5. The minimum absolute atomic E-state index is 0.158. The van der Waals surface area contributed by atoms with E-state index in [2.05, 4.69) is 10.6 Å². The number of carboxylic acids is 1. The van der Waals surface area contributed by atoms with Crippen LogP contribution in [-0.4, -0.2) is 28.6 Å². The van der Waals surface area contributed by atoms with Crippen molar-refractivity contribution < 1.29 is 14.7 Å². The predicted molar refractivity (Wildman–Crippen MR) is 79.1 cm³/mol. The van der Waals surface area contributed by atoms with Gasteiger partial charge in [-0.15, -0.1) is 0 Å². The number of anilines is 1. The Balaban J connectivity index is 2.90. The molecule has 1 unspecified atom stereocenters. The van der Waals surface area contributed by atoms with Crippen molar-refractivity contribution in [3.63, 3.8) is 0 Å². The van der Waals surface area contributed by atoms with E-state index >= 15 is 0 Å². The first kappa shape index (κ1) is 16.0. The SMILES string of the molecule is Cc1ccc(C(=O)O)c(NC(C)C(=O)NC(C)(C)C)c1. The molecular weight excluding hydrogens is 256 g/mol. The van der Waals surface area contributed by atoms with Gasteiger partial charge in [0.15, 0.2) is 0 Å². The van der Waals surface area contributed by atoms with E-state index in [9.17, 15) is 9.59 Å². The maximum absolute atomic E-state index is 12.0. The lowest BCUT2D eigenvalue weighted by Gasteiger charge is -2.24. The highest BCUT2D eigenvalue weighted by atomic mass is 16.4. The van der Waals surface area contributed by atoms with Crippen LogP contribution in [-0.2, 0) is 4.79 Å². The van der Waals surface area contributed by atoms with Gasteiger partial charge in [-0.05, 0) is 52.3 Å². The Morgan fingerprint density at radius 3 is 2.35 bits per heavy atom. The number of rotatable bonds is 4. The summed E-state index contributed by atoms with van der Waals surface area (Å²) in [5.74, 6) is -1.19. The summed E-state index contributed by atoms with van der Waals surface area (Å²) in [6.07, 6.45) is 0. The smallest absolute Gasteiger partial charge is 0.337 e. The molecule has 0 saturated carbocycles. The molecule has 0 heterocycles. The number of hydrogen-bond acceptors (Lipinski definition) is 3. The van der Waals surface area contributed by atoms with Gasteiger partial charge in [0, 0.05) is 11.2 Å². The average Bonchev–Trinajstić information content (AvgIpc) is 2.26. The number of carbonyl (C=O) groups excluding carboxylic acids is 1. The van der Waals surface area contributed by atoms with E-state index in [4.69, 9.17) is 5.11 Å². The fourth-order valence-electron chi connectivity index (χ4n) is 1.74. The van der Waals surface area contributed by atoms with Crippen molar-refractivity contribution in [3.8, 4) is 0 Å². The predicted octanol–water partition coefficient (Wildman–Crippen LogP) is 2.41. The van der Waals surface area contributed by atoms with Gasteiger partial charge in [0.2, 0.25) is 5.91 Å². The van der Waals surface area contributed by atoms with Gasteiger partial charge < -0.3 is 15.7 Å². The zero-order valence-electron chi connectivity index (χ0n) is 12.6. The summed E-state index contributed by atoms with van der Waals surface area (Å²) in [4.78, 5) is 23.2. The molecule has 0 aliphatic rings. The van der Waals surface area contributed by atoms with Gasteiger partial charge in [-0.25, -0.2) is 4.79 Å². The summed E-state index contributed by atoms with van der Waals surface area (Å²) in [7, 11) is 0. The molecule has 110 valence electrons. The van der Waals surface area contributed by atoms with E-state index in [-0.39, 0.29) is 17.0 Å². The number of benzene rings is 1. The number of aromatic carboxylic acids is 1. The largest absolute Gasteiger partial charge is 0.478 e. The van der Waals surface area contributed by atoms with Crippen LogP contribution >= 0.6 is 0 Å². The summed E-state index contributed by atoms with van der Waals surface area (Å²) < 4.78 is 0. The fraction of sp³-hybridized carbons (Fsp3) is 0.467. The molecule has 1 amide bonds. The lowest BCUT2D eigenvalue weighted by Crippen LogP contribution is -2.47. The van der Waals surface area contributed by atoms with Crippen LogP contribution in [0.4, 0.5) is 5.69 Å². The molecule has 0 aliphatic heterocycles. The quantitative estimate of drug-likeness (QED) is 0.790. The number of aryl methyl sites for hydroxylation is 1. The molecule has 0 saturated heterocycles. The molecule has 0 aliphatic carbocycles. The van der Waals surface area contributed by atoms with Crippen LogP contribution in [0, 0.1) is 6.92 Å². The summed E-state index contributed by atoms with van der Waals surface area (Å²) in [6, 6.07) is 4.47. The maximum Gasteiger partial charge on any atom is 0.337 e. The highest BCUT2D eigenvalue weighted by Crippen LogP contribution is 2.18. The Bertz CT molecular complexity index is 518. The van der Waals surface area contributed by atoms with Crippen LogP contribution in [0.5, 0.6) is 0 Å². The second-order valence-electron chi connectivity index (χ2n) is 5.96. The van der Waals surface area contributed by atoms with Gasteiger partial charge in [-0.2, -0.15) is 0 Å². The summed E-state index contributed by atoms with van der Waals surface area (Å²) in [5, 5.41) is 15.0. The second-order valence-corrected chi connectivity index (χ2v) is 5.96. The molecule has 3 N–H and O–H groups in total. The van der Waals surface area contributed by atoms with E-state index in [0.717, 1.165) is 5.56 Å². The molecule has 5 heteroatoms. The summed E-state index contributed by atoms with van der Waals surface area (Å²) in [6.45, 7) is 9.26. The maximum atomic E-state index is 12.0. The summed E-state index contributed by atoms with van der Waals surface area (Å²) >= 11 is 0. The third-order valence-corrected chi connectivity index (χ3v) is 2.67. The third kappa shape index (κ3) is 4.57. The van der Waals surface area contributed by atoms with E-state index in [1.165, 1.54) is 6.07 Å². The van der Waals surface area contributed by atoms with Crippen molar-refractivity contribution in [2.45, 2.75) is 46.2 Å². The second kappa shape index (κ2) is 5.94. The molecule has 0 fully saturated rings. The molecule has 0 bridgehead atoms. The number of hydrogen-bond donors (Lipinski definition) is 3. The lowest BCUT2D eigenvalue weighted by molar-refractivity contribution is -0.122. The molecular formula is C15H22N2O3. The molecule has 0 spiro atoms. The Hall–Kier alpha value is -2.04. The van der Waals surface area contributed by atoms with Gasteiger partial charge in [0.05, 0.1) is 5.56 Å². The van der Waals surface area contributed by atoms with Gasteiger partial charge in [0.1, 0.15) is 6.04 Å². The minimum atomic E-state index is -1.02. The molecule has 1 aromatic rings. The van der Waals surface area contributed by atoms with E-state index < -0.39 is 12.0 Å². The van der Waals surface area contributed by atoms with Crippen molar-refractivity contribution in [2.75, 3.05) is 5.32 Å². The highest BCUT2D eigenvalue weighted by molar-refractivity contribution is 5.95. The van der Waals surface area contributed by atoms with Crippen LogP contribution < -0.4 is 10.6 Å². The van der Waals surface area contributed by atoms with Crippen LogP contribution in [0.2, 0.25) is 0 Å². The lowest BCUT2D eigenvalue weighted by atomic mass is 10.1.